The Morgan fingerprint density at radius 3 is 2.88 bits per heavy atom. The summed E-state index contributed by atoms with van der Waals surface area (Å²) in [6.07, 6.45) is 2.11. The van der Waals surface area contributed by atoms with Crippen molar-refractivity contribution in [1.29, 1.82) is 0 Å². The summed E-state index contributed by atoms with van der Waals surface area (Å²) in [5, 5.41) is 11.4. The molecule has 17 heavy (non-hydrogen) atoms. The molecule has 6 nitrogen and oxygen atoms in total. The number of nitrogens with zero attached hydrogens (tertiary/aromatic N) is 3. The number of rotatable bonds is 3. The van der Waals surface area contributed by atoms with E-state index in [1.807, 2.05) is 13.8 Å². The summed E-state index contributed by atoms with van der Waals surface area (Å²) in [5.41, 5.74) is 1.19. The van der Waals surface area contributed by atoms with Gasteiger partial charge in [-0.2, -0.15) is 0 Å². The van der Waals surface area contributed by atoms with E-state index in [1.165, 1.54) is 7.11 Å². The predicted octanol–water partition coefficient (Wildman–Crippen LogP) is 1.07. The molecule has 0 amide bonds. The van der Waals surface area contributed by atoms with Crippen LogP contribution in [0.25, 0.3) is 0 Å². The molecule has 0 saturated carbocycles. The van der Waals surface area contributed by atoms with Gasteiger partial charge >= 0.3 is 5.97 Å². The van der Waals surface area contributed by atoms with Crippen LogP contribution in [-0.2, 0) is 4.74 Å². The summed E-state index contributed by atoms with van der Waals surface area (Å²) in [7, 11) is 1.36. The first-order valence-electron chi connectivity index (χ1n) is 5.92. The van der Waals surface area contributed by atoms with E-state index in [0.29, 0.717) is 5.69 Å². The third-order valence-electron chi connectivity index (χ3n) is 2.99. The number of ether oxygens (including phenoxy) is 1. The van der Waals surface area contributed by atoms with E-state index in [2.05, 4.69) is 15.6 Å². The molecule has 2 rings (SSSR count). The van der Waals surface area contributed by atoms with E-state index in [-0.39, 0.29) is 12.1 Å². The Bertz CT molecular complexity index is 408. The van der Waals surface area contributed by atoms with Crippen molar-refractivity contribution >= 4 is 5.97 Å². The number of hydrogen-bond acceptors (Lipinski definition) is 5. The normalized spacial score (nSPS) is 19.9. The number of esters is 1. The smallest absolute Gasteiger partial charge is 0.360 e. The van der Waals surface area contributed by atoms with Gasteiger partial charge in [-0.1, -0.05) is 5.21 Å². The summed E-state index contributed by atoms with van der Waals surface area (Å²) < 4.78 is 6.55. The zero-order chi connectivity index (χ0) is 12.4. The molecular formula is C11H18N4O2. The second-order valence-corrected chi connectivity index (χ2v) is 4.50. The highest BCUT2D eigenvalue weighted by molar-refractivity contribution is 5.88. The van der Waals surface area contributed by atoms with Gasteiger partial charge in [0.2, 0.25) is 0 Å². The summed E-state index contributed by atoms with van der Waals surface area (Å²) in [6, 6.07) is 0.333. The Balaban J connectivity index is 2.42. The zero-order valence-electron chi connectivity index (χ0n) is 10.4. The molecule has 0 spiro atoms. The van der Waals surface area contributed by atoms with Gasteiger partial charge in [-0.05, 0) is 33.2 Å². The summed E-state index contributed by atoms with van der Waals surface area (Å²) in [6.45, 7) is 5.01. The van der Waals surface area contributed by atoms with E-state index >= 15 is 0 Å². The van der Waals surface area contributed by atoms with Crippen molar-refractivity contribution in [2.75, 3.05) is 13.7 Å². The number of aromatic nitrogens is 3. The van der Waals surface area contributed by atoms with Crippen LogP contribution in [0, 0.1) is 0 Å². The standard InChI is InChI=1S/C11H18N4O2/c1-7(2)15-10(8-5-4-6-12-8)9(13-14-15)11(16)17-3/h7-8,12H,4-6H2,1-3H3. The number of carbonyl (C=O) groups excluding carboxylic acids is 1. The van der Waals surface area contributed by atoms with Crippen LogP contribution in [-0.4, -0.2) is 34.6 Å². The molecule has 94 valence electrons. The predicted molar refractivity (Wildman–Crippen MR) is 61.7 cm³/mol. The van der Waals surface area contributed by atoms with Gasteiger partial charge in [-0.25, -0.2) is 9.48 Å². The van der Waals surface area contributed by atoms with Crippen molar-refractivity contribution in [1.82, 2.24) is 20.3 Å². The molecule has 1 N–H and O–H groups in total. The highest BCUT2D eigenvalue weighted by atomic mass is 16.5. The minimum absolute atomic E-state index is 0.154. The van der Waals surface area contributed by atoms with Crippen molar-refractivity contribution in [3.05, 3.63) is 11.4 Å². The first-order valence-corrected chi connectivity index (χ1v) is 5.92. The SMILES string of the molecule is COC(=O)c1nnn(C(C)C)c1C1CCCN1. The van der Waals surface area contributed by atoms with Gasteiger partial charge in [0.15, 0.2) is 5.69 Å². The maximum Gasteiger partial charge on any atom is 0.360 e. The van der Waals surface area contributed by atoms with Gasteiger partial charge in [-0.3, -0.25) is 0 Å². The molecule has 0 aliphatic carbocycles. The second-order valence-electron chi connectivity index (χ2n) is 4.50. The number of hydrogen-bond donors (Lipinski definition) is 1. The van der Waals surface area contributed by atoms with Crippen LogP contribution >= 0.6 is 0 Å². The van der Waals surface area contributed by atoms with Gasteiger partial charge in [0, 0.05) is 6.04 Å². The van der Waals surface area contributed by atoms with Crippen molar-refractivity contribution in [3.63, 3.8) is 0 Å². The van der Waals surface area contributed by atoms with Crippen molar-refractivity contribution in [2.45, 2.75) is 38.8 Å². The Labute approximate surface area is 100 Å². The van der Waals surface area contributed by atoms with Gasteiger partial charge in [0.25, 0.3) is 0 Å². The first-order chi connectivity index (χ1) is 8.15. The van der Waals surface area contributed by atoms with Crippen LogP contribution in [0.2, 0.25) is 0 Å². The average Bonchev–Trinajstić information content (AvgIpc) is 2.95. The van der Waals surface area contributed by atoms with Crippen LogP contribution in [0.4, 0.5) is 0 Å². The van der Waals surface area contributed by atoms with E-state index in [1.54, 1.807) is 4.68 Å². The van der Waals surface area contributed by atoms with Gasteiger partial charge in [-0.15, -0.1) is 5.10 Å². The molecule has 0 bridgehead atoms. The highest BCUT2D eigenvalue weighted by Gasteiger charge is 2.29. The number of methoxy groups -OCH3 is 1. The molecule has 0 radical (unpaired) electrons. The minimum Gasteiger partial charge on any atom is -0.464 e. The zero-order valence-corrected chi connectivity index (χ0v) is 10.4. The second kappa shape index (κ2) is 4.83. The summed E-state index contributed by atoms with van der Waals surface area (Å²) in [4.78, 5) is 11.7. The van der Waals surface area contributed by atoms with E-state index < -0.39 is 5.97 Å². The van der Waals surface area contributed by atoms with Crippen LogP contribution < -0.4 is 5.32 Å². The molecule has 2 heterocycles. The summed E-state index contributed by atoms with van der Waals surface area (Å²) >= 11 is 0. The van der Waals surface area contributed by atoms with Crippen molar-refractivity contribution < 1.29 is 9.53 Å². The Morgan fingerprint density at radius 2 is 2.35 bits per heavy atom. The Hall–Kier alpha value is -1.43. The van der Waals surface area contributed by atoms with Crippen LogP contribution in [0.15, 0.2) is 0 Å². The van der Waals surface area contributed by atoms with Gasteiger partial charge in [0.1, 0.15) is 0 Å². The molecule has 1 aromatic heterocycles. The lowest BCUT2D eigenvalue weighted by Crippen LogP contribution is -2.21. The fourth-order valence-corrected chi connectivity index (χ4v) is 2.17. The summed E-state index contributed by atoms with van der Waals surface area (Å²) in [5.74, 6) is -0.416. The average molecular weight is 238 g/mol. The third kappa shape index (κ3) is 2.17. The van der Waals surface area contributed by atoms with Crippen molar-refractivity contribution in [2.24, 2.45) is 0 Å². The monoisotopic (exact) mass is 238 g/mol. The molecule has 1 fully saturated rings. The molecule has 1 atom stereocenters. The van der Waals surface area contributed by atoms with Crippen molar-refractivity contribution in [3.8, 4) is 0 Å². The van der Waals surface area contributed by atoms with Gasteiger partial charge < -0.3 is 10.1 Å². The minimum atomic E-state index is -0.416. The quantitative estimate of drug-likeness (QED) is 0.798. The number of carbonyl (C=O) groups is 1. The lowest BCUT2D eigenvalue weighted by molar-refractivity contribution is 0.0591. The molecular weight excluding hydrogens is 220 g/mol. The first kappa shape index (κ1) is 12.0. The number of nitrogens with one attached hydrogen (secondary N) is 1. The maximum atomic E-state index is 11.7. The van der Waals surface area contributed by atoms with E-state index in [0.717, 1.165) is 25.1 Å². The molecule has 0 aromatic carbocycles. The highest BCUT2D eigenvalue weighted by Crippen LogP contribution is 2.27. The molecule has 1 unspecified atom stereocenters. The fraction of sp³-hybridized carbons (Fsp3) is 0.727. The lowest BCUT2D eigenvalue weighted by atomic mass is 10.1. The molecule has 1 aromatic rings. The molecule has 1 aliphatic heterocycles. The third-order valence-corrected chi connectivity index (χ3v) is 2.99. The van der Waals surface area contributed by atoms with Crippen LogP contribution in [0.3, 0.4) is 0 Å². The van der Waals surface area contributed by atoms with Crippen LogP contribution in [0.1, 0.15) is 55.0 Å². The maximum absolute atomic E-state index is 11.7. The van der Waals surface area contributed by atoms with E-state index in [4.69, 9.17) is 4.74 Å². The topological polar surface area (TPSA) is 69.0 Å². The van der Waals surface area contributed by atoms with E-state index in [9.17, 15) is 4.79 Å². The van der Waals surface area contributed by atoms with Gasteiger partial charge in [0.05, 0.1) is 18.8 Å². The lowest BCUT2D eigenvalue weighted by Gasteiger charge is -2.15. The fourth-order valence-electron chi connectivity index (χ4n) is 2.17. The Kier molecular flexibility index (Phi) is 3.42. The molecule has 6 heteroatoms. The Morgan fingerprint density at radius 1 is 1.59 bits per heavy atom. The molecule has 1 saturated heterocycles. The molecule has 1 aliphatic rings. The van der Waals surface area contributed by atoms with Crippen LogP contribution in [0.5, 0.6) is 0 Å². The largest absolute Gasteiger partial charge is 0.464 e.